The van der Waals surface area contributed by atoms with Crippen LogP contribution in [0.25, 0.3) is 0 Å². The predicted molar refractivity (Wildman–Crippen MR) is 106 cm³/mol. The van der Waals surface area contributed by atoms with E-state index >= 15 is 0 Å². The molecule has 1 amide bonds. The van der Waals surface area contributed by atoms with Crippen molar-refractivity contribution in [1.82, 2.24) is 5.32 Å². The van der Waals surface area contributed by atoms with Crippen molar-refractivity contribution in [2.45, 2.75) is 0 Å². The van der Waals surface area contributed by atoms with Gasteiger partial charge in [-0.15, -0.1) is 6.58 Å². The van der Waals surface area contributed by atoms with Gasteiger partial charge >= 0.3 is 5.97 Å². The Kier molecular flexibility index (Phi) is 7.19. The van der Waals surface area contributed by atoms with E-state index in [2.05, 4.69) is 17.2 Å². The minimum Gasteiger partial charge on any atom is -0.452 e. The second-order valence-electron chi connectivity index (χ2n) is 5.78. The van der Waals surface area contributed by atoms with E-state index in [1.54, 1.807) is 6.07 Å². The van der Waals surface area contributed by atoms with Crippen molar-refractivity contribution < 1.29 is 24.0 Å². The molecule has 0 aliphatic carbocycles. The number of hydrogen-bond donors (Lipinski definition) is 2. The van der Waals surface area contributed by atoms with Gasteiger partial charge in [-0.3, -0.25) is 19.7 Å². The highest BCUT2D eigenvalue weighted by Gasteiger charge is 2.22. The van der Waals surface area contributed by atoms with Gasteiger partial charge < -0.3 is 15.4 Å². The van der Waals surface area contributed by atoms with E-state index in [4.69, 9.17) is 4.74 Å². The van der Waals surface area contributed by atoms with Crippen molar-refractivity contribution in [1.29, 1.82) is 0 Å². The monoisotopic (exact) mass is 397 g/mol. The number of amides is 1. The molecule has 0 aromatic heterocycles. The quantitative estimate of drug-likeness (QED) is 0.218. The Morgan fingerprint density at radius 2 is 1.86 bits per heavy atom. The second kappa shape index (κ2) is 9.79. The average molecular weight is 397 g/mol. The first-order chi connectivity index (χ1) is 13.9. The summed E-state index contributed by atoms with van der Waals surface area (Å²) >= 11 is 0. The molecule has 0 bridgehead atoms. The molecule has 0 atom stereocenters. The largest absolute Gasteiger partial charge is 0.452 e. The number of anilines is 1. The third-order valence-electron chi connectivity index (χ3n) is 3.90. The Labute approximate surface area is 166 Å². The van der Waals surface area contributed by atoms with E-state index in [9.17, 15) is 24.5 Å². The summed E-state index contributed by atoms with van der Waals surface area (Å²) in [4.78, 5) is 47.4. The minimum absolute atomic E-state index is 0.00973. The van der Waals surface area contributed by atoms with Gasteiger partial charge in [-0.1, -0.05) is 24.3 Å². The van der Waals surface area contributed by atoms with Gasteiger partial charge in [0.25, 0.3) is 11.6 Å². The topological polar surface area (TPSA) is 128 Å². The molecule has 0 spiro atoms. The maximum Gasteiger partial charge on any atom is 0.339 e. The Balaban J connectivity index is 2.28. The number of nitrogens with one attached hydrogen (secondary N) is 2. The minimum atomic E-state index is -0.857. The number of esters is 1. The Bertz CT molecular complexity index is 970. The summed E-state index contributed by atoms with van der Waals surface area (Å²) < 4.78 is 4.96. The van der Waals surface area contributed by atoms with Crippen molar-refractivity contribution in [3.05, 3.63) is 81.9 Å². The molecule has 0 saturated carbocycles. The molecule has 0 radical (unpaired) electrons. The van der Waals surface area contributed by atoms with Crippen LogP contribution in [0.4, 0.5) is 11.4 Å². The van der Waals surface area contributed by atoms with Crippen LogP contribution < -0.4 is 10.6 Å². The average Bonchev–Trinajstić information content (AvgIpc) is 2.74. The highest BCUT2D eigenvalue weighted by atomic mass is 16.6. The van der Waals surface area contributed by atoms with Crippen LogP contribution in [0.3, 0.4) is 0 Å². The Morgan fingerprint density at radius 1 is 1.17 bits per heavy atom. The summed E-state index contributed by atoms with van der Waals surface area (Å²) in [6.07, 6.45) is 1.48. The standard InChI is InChI=1S/C20H19N3O6/c1-3-10-22-18(24)12-29-20(26)15-7-5-4-6-14(15)19(25)13-8-9-16(21-2)17(11-13)23(27)28/h3-9,11,21H,1,10,12H2,2H3,(H,22,24). The van der Waals surface area contributed by atoms with Crippen LogP contribution in [0.1, 0.15) is 26.3 Å². The number of benzene rings is 2. The molecule has 0 unspecified atom stereocenters. The highest BCUT2D eigenvalue weighted by molar-refractivity contribution is 6.15. The Hall–Kier alpha value is -4.01. The van der Waals surface area contributed by atoms with E-state index < -0.39 is 29.2 Å². The van der Waals surface area contributed by atoms with E-state index in [-0.39, 0.29) is 34.6 Å². The van der Waals surface area contributed by atoms with Crippen molar-refractivity contribution in [3.63, 3.8) is 0 Å². The lowest BCUT2D eigenvalue weighted by atomic mass is 9.97. The Morgan fingerprint density at radius 3 is 2.48 bits per heavy atom. The molecule has 150 valence electrons. The SMILES string of the molecule is C=CCNC(=O)COC(=O)c1ccccc1C(=O)c1ccc(NC)c([N+](=O)[O-])c1. The molecule has 29 heavy (non-hydrogen) atoms. The maximum atomic E-state index is 12.9. The third kappa shape index (κ3) is 5.25. The van der Waals surface area contributed by atoms with Gasteiger partial charge in [0, 0.05) is 30.8 Å². The fourth-order valence-electron chi connectivity index (χ4n) is 2.50. The van der Waals surface area contributed by atoms with Crippen molar-refractivity contribution in [2.75, 3.05) is 25.5 Å². The van der Waals surface area contributed by atoms with E-state index in [1.165, 1.54) is 43.5 Å². The first-order valence-corrected chi connectivity index (χ1v) is 8.53. The molecule has 0 fully saturated rings. The van der Waals surface area contributed by atoms with Crippen LogP contribution in [-0.2, 0) is 9.53 Å². The van der Waals surface area contributed by atoms with Crippen LogP contribution in [-0.4, -0.2) is 42.8 Å². The lowest BCUT2D eigenvalue weighted by Gasteiger charge is -2.10. The van der Waals surface area contributed by atoms with Gasteiger partial charge in [-0.05, 0) is 18.2 Å². The van der Waals surface area contributed by atoms with Gasteiger partial charge in [0.15, 0.2) is 12.4 Å². The molecular formula is C20H19N3O6. The predicted octanol–water partition coefficient (Wildman–Crippen LogP) is 2.33. The number of ether oxygens (including phenoxy) is 1. The van der Waals surface area contributed by atoms with Crippen molar-refractivity contribution >= 4 is 29.0 Å². The van der Waals surface area contributed by atoms with Crippen molar-refractivity contribution in [3.8, 4) is 0 Å². The summed E-state index contributed by atoms with van der Waals surface area (Å²) in [5, 5.41) is 16.4. The van der Waals surface area contributed by atoms with Crippen LogP contribution in [0.5, 0.6) is 0 Å². The van der Waals surface area contributed by atoms with Gasteiger partial charge in [-0.25, -0.2) is 4.79 Å². The number of carbonyl (C=O) groups excluding carboxylic acids is 3. The van der Waals surface area contributed by atoms with E-state index in [0.717, 1.165) is 6.07 Å². The second-order valence-corrected chi connectivity index (χ2v) is 5.78. The molecule has 2 aromatic carbocycles. The fraction of sp³-hybridized carbons (Fsp3) is 0.150. The molecule has 2 rings (SSSR count). The van der Waals surface area contributed by atoms with Gasteiger partial charge in [0.1, 0.15) is 5.69 Å². The smallest absolute Gasteiger partial charge is 0.339 e. The van der Waals surface area contributed by atoms with E-state index in [1.807, 2.05) is 0 Å². The first kappa shape index (κ1) is 21.3. The molecule has 2 aromatic rings. The van der Waals surface area contributed by atoms with Crippen LogP contribution in [0.2, 0.25) is 0 Å². The molecule has 0 saturated heterocycles. The summed E-state index contributed by atoms with van der Waals surface area (Å²) in [5.74, 6) is -1.95. The lowest BCUT2D eigenvalue weighted by Crippen LogP contribution is -2.29. The molecule has 2 N–H and O–H groups in total. The van der Waals surface area contributed by atoms with Gasteiger partial charge in [-0.2, -0.15) is 0 Å². The number of nitrogens with zero attached hydrogens (tertiary/aromatic N) is 1. The van der Waals surface area contributed by atoms with Crippen LogP contribution in [0, 0.1) is 10.1 Å². The number of ketones is 1. The fourth-order valence-corrected chi connectivity index (χ4v) is 2.50. The number of nitro benzene ring substituents is 1. The molecular weight excluding hydrogens is 378 g/mol. The number of carbonyl (C=O) groups is 3. The summed E-state index contributed by atoms with van der Waals surface area (Å²) in [5.41, 5.74) is -0.00775. The molecule has 9 nitrogen and oxygen atoms in total. The zero-order valence-electron chi connectivity index (χ0n) is 15.6. The third-order valence-corrected chi connectivity index (χ3v) is 3.90. The number of rotatable bonds is 9. The summed E-state index contributed by atoms with van der Waals surface area (Å²) in [6, 6.07) is 9.86. The number of nitro groups is 1. The van der Waals surface area contributed by atoms with Gasteiger partial charge in [0.2, 0.25) is 0 Å². The zero-order chi connectivity index (χ0) is 21.4. The van der Waals surface area contributed by atoms with Crippen LogP contribution in [0.15, 0.2) is 55.1 Å². The normalized spacial score (nSPS) is 9.97. The first-order valence-electron chi connectivity index (χ1n) is 8.53. The lowest BCUT2D eigenvalue weighted by molar-refractivity contribution is -0.384. The number of hydrogen-bond acceptors (Lipinski definition) is 7. The zero-order valence-corrected chi connectivity index (χ0v) is 15.6. The van der Waals surface area contributed by atoms with Crippen LogP contribution >= 0.6 is 0 Å². The summed E-state index contributed by atoms with van der Waals surface area (Å²) in [6.45, 7) is 3.17. The maximum absolute atomic E-state index is 12.9. The van der Waals surface area contributed by atoms with E-state index in [0.29, 0.717) is 0 Å². The molecule has 0 aliphatic rings. The highest BCUT2D eigenvalue weighted by Crippen LogP contribution is 2.27. The molecule has 9 heteroatoms. The molecule has 0 heterocycles. The summed E-state index contributed by atoms with van der Waals surface area (Å²) in [7, 11) is 1.53. The van der Waals surface area contributed by atoms with Crippen molar-refractivity contribution in [2.24, 2.45) is 0 Å². The van der Waals surface area contributed by atoms with Gasteiger partial charge in [0.05, 0.1) is 10.5 Å². The molecule has 0 aliphatic heterocycles.